The average Bonchev–Trinajstić information content (AvgIpc) is 2.97. The lowest BCUT2D eigenvalue weighted by atomic mass is 10.4. The molecule has 2 rings (SSSR count). The van der Waals surface area contributed by atoms with Crippen molar-refractivity contribution in [3.63, 3.8) is 0 Å². The SMILES string of the molecule is CCCNc1nc(NCCOCCOC)c2cn[nH]c2n1. The fourth-order valence-corrected chi connectivity index (χ4v) is 1.77. The number of aromatic amines is 1. The lowest BCUT2D eigenvalue weighted by molar-refractivity contribution is 0.0759. The molecule has 0 aromatic carbocycles. The van der Waals surface area contributed by atoms with Crippen molar-refractivity contribution in [1.82, 2.24) is 20.2 Å². The molecule has 0 fully saturated rings. The van der Waals surface area contributed by atoms with Crippen LogP contribution in [0.15, 0.2) is 6.20 Å². The van der Waals surface area contributed by atoms with Crippen molar-refractivity contribution in [2.75, 3.05) is 50.7 Å². The molecule has 0 aliphatic rings. The van der Waals surface area contributed by atoms with E-state index < -0.39 is 0 Å². The number of hydrogen-bond acceptors (Lipinski definition) is 7. The third-order valence-electron chi connectivity index (χ3n) is 2.81. The number of aromatic nitrogens is 4. The number of anilines is 2. The normalized spacial score (nSPS) is 11.0. The Kier molecular flexibility index (Phi) is 6.17. The highest BCUT2D eigenvalue weighted by Gasteiger charge is 2.08. The summed E-state index contributed by atoms with van der Waals surface area (Å²) in [6, 6.07) is 0. The van der Waals surface area contributed by atoms with Crippen LogP contribution in [0.4, 0.5) is 11.8 Å². The zero-order valence-electron chi connectivity index (χ0n) is 12.5. The molecule has 2 heterocycles. The first-order chi connectivity index (χ1) is 10.3. The van der Waals surface area contributed by atoms with Crippen molar-refractivity contribution in [2.45, 2.75) is 13.3 Å². The van der Waals surface area contributed by atoms with Crippen LogP contribution in [0.25, 0.3) is 11.0 Å². The topological polar surface area (TPSA) is 97.0 Å². The van der Waals surface area contributed by atoms with Crippen LogP contribution < -0.4 is 10.6 Å². The third kappa shape index (κ3) is 4.54. The summed E-state index contributed by atoms with van der Waals surface area (Å²) in [5.41, 5.74) is 0.714. The zero-order valence-corrected chi connectivity index (χ0v) is 12.5. The number of ether oxygens (including phenoxy) is 2. The fourth-order valence-electron chi connectivity index (χ4n) is 1.77. The molecule has 8 nitrogen and oxygen atoms in total. The van der Waals surface area contributed by atoms with Crippen LogP contribution in [0.3, 0.4) is 0 Å². The molecule has 21 heavy (non-hydrogen) atoms. The van der Waals surface area contributed by atoms with Gasteiger partial charge in [0, 0.05) is 20.2 Å². The molecule has 116 valence electrons. The van der Waals surface area contributed by atoms with Crippen LogP contribution in [0.5, 0.6) is 0 Å². The molecule has 0 saturated heterocycles. The predicted octanol–water partition coefficient (Wildman–Crippen LogP) is 1.25. The Morgan fingerprint density at radius 1 is 1.14 bits per heavy atom. The van der Waals surface area contributed by atoms with Crippen LogP contribution in [-0.4, -0.2) is 60.2 Å². The first-order valence-electron chi connectivity index (χ1n) is 7.10. The second-order valence-electron chi connectivity index (χ2n) is 4.49. The summed E-state index contributed by atoms with van der Waals surface area (Å²) in [5, 5.41) is 14.2. The fraction of sp³-hybridized carbons (Fsp3) is 0.615. The van der Waals surface area contributed by atoms with Gasteiger partial charge in [-0.15, -0.1) is 0 Å². The quantitative estimate of drug-likeness (QED) is 0.567. The van der Waals surface area contributed by atoms with Crippen molar-refractivity contribution >= 4 is 22.8 Å². The van der Waals surface area contributed by atoms with Gasteiger partial charge in [-0.1, -0.05) is 6.92 Å². The Morgan fingerprint density at radius 3 is 2.86 bits per heavy atom. The van der Waals surface area contributed by atoms with Crippen molar-refractivity contribution in [3.05, 3.63) is 6.20 Å². The molecule has 0 bridgehead atoms. The standard InChI is InChI=1S/C13H22N6O2/c1-3-4-15-13-17-11(10-9-16-19-12(10)18-13)14-5-6-21-8-7-20-2/h9H,3-8H2,1-2H3,(H3,14,15,16,17,18,19). The summed E-state index contributed by atoms with van der Waals surface area (Å²) in [5.74, 6) is 1.35. The van der Waals surface area contributed by atoms with E-state index in [1.54, 1.807) is 13.3 Å². The molecule has 0 aliphatic carbocycles. The van der Waals surface area contributed by atoms with Gasteiger partial charge in [0.1, 0.15) is 5.82 Å². The van der Waals surface area contributed by atoms with Crippen LogP contribution >= 0.6 is 0 Å². The number of rotatable bonds is 10. The summed E-state index contributed by atoms with van der Waals surface area (Å²) in [7, 11) is 1.66. The molecule has 0 radical (unpaired) electrons. The molecule has 8 heteroatoms. The molecular formula is C13H22N6O2. The molecule has 0 saturated carbocycles. The Morgan fingerprint density at radius 2 is 2.05 bits per heavy atom. The smallest absolute Gasteiger partial charge is 0.226 e. The molecule has 0 atom stereocenters. The maximum absolute atomic E-state index is 5.41. The van der Waals surface area contributed by atoms with Gasteiger partial charge in [-0.3, -0.25) is 5.10 Å². The second-order valence-corrected chi connectivity index (χ2v) is 4.49. The maximum Gasteiger partial charge on any atom is 0.226 e. The van der Waals surface area contributed by atoms with Gasteiger partial charge >= 0.3 is 0 Å². The van der Waals surface area contributed by atoms with Crippen LogP contribution in [-0.2, 0) is 9.47 Å². The van der Waals surface area contributed by atoms with Gasteiger partial charge in [-0.25, -0.2) is 0 Å². The van der Waals surface area contributed by atoms with E-state index in [-0.39, 0.29) is 0 Å². The van der Waals surface area contributed by atoms with E-state index in [9.17, 15) is 0 Å². The molecule has 0 amide bonds. The minimum absolute atomic E-state index is 0.588. The van der Waals surface area contributed by atoms with Gasteiger partial charge in [0.25, 0.3) is 0 Å². The van der Waals surface area contributed by atoms with E-state index in [4.69, 9.17) is 9.47 Å². The molecule has 0 unspecified atom stereocenters. The number of methoxy groups -OCH3 is 1. The van der Waals surface area contributed by atoms with Crippen molar-refractivity contribution < 1.29 is 9.47 Å². The van der Waals surface area contributed by atoms with Crippen LogP contribution in [0, 0.1) is 0 Å². The predicted molar refractivity (Wildman–Crippen MR) is 81.6 cm³/mol. The Balaban J connectivity index is 1.95. The van der Waals surface area contributed by atoms with E-state index >= 15 is 0 Å². The molecule has 2 aromatic heterocycles. The van der Waals surface area contributed by atoms with Crippen LogP contribution in [0.2, 0.25) is 0 Å². The Hall–Kier alpha value is -1.93. The van der Waals surface area contributed by atoms with Gasteiger partial charge in [0.05, 0.1) is 31.4 Å². The summed E-state index contributed by atoms with van der Waals surface area (Å²) in [6.07, 6.45) is 2.73. The molecule has 0 aliphatic heterocycles. The summed E-state index contributed by atoms with van der Waals surface area (Å²) in [6.45, 7) is 5.37. The Bertz CT molecular complexity index is 544. The van der Waals surface area contributed by atoms with Gasteiger partial charge in [0.15, 0.2) is 5.65 Å². The summed E-state index contributed by atoms with van der Waals surface area (Å²) in [4.78, 5) is 8.85. The van der Waals surface area contributed by atoms with Gasteiger partial charge in [-0.05, 0) is 6.42 Å². The lowest BCUT2D eigenvalue weighted by Crippen LogP contribution is -2.14. The largest absolute Gasteiger partial charge is 0.382 e. The van der Waals surface area contributed by atoms with Crippen molar-refractivity contribution in [1.29, 1.82) is 0 Å². The number of fused-ring (bicyclic) bond motifs is 1. The molecule has 0 spiro atoms. The number of H-pyrrole nitrogens is 1. The maximum atomic E-state index is 5.41. The highest BCUT2D eigenvalue weighted by atomic mass is 16.5. The lowest BCUT2D eigenvalue weighted by Gasteiger charge is -2.09. The van der Waals surface area contributed by atoms with Gasteiger partial charge < -0.3 is 20.1 Å². The zero-order chi connectivity index (χ0) is 14.9. The second kappa shape index (κ2) is 8.38. The summed E-state index contributed by atoms with van der Waals surface area (Å²) < 4.78 is 10.3. The Labute approximate surface area is 123 Å². The van der Waals surface area contributed by atoms with Crippen molar-refractivity contribution in [3.8, 4) is 0 Å². The summed E-state index contributed by atoms with van der Waals surface area (Å²) >= 11 is 0. The van der Waals surface area contributed by atoms with E-state index in [0.717, 1.165) is 24.2 Å². The van der Waals surface area contributed by atoms with Gasteiger partial charge in [-0.2, -0.15) is 15.1 Å². The average molecular weight is 294 g/mol. The minimum atomic E-state index is 0.588. The minimum Gasteiger partial charge on any atom is -0.382 e. The number of nitrogens with zero attached hydrogens (tertiary/aromatic N) is 3. The molecule has 2 aromatic rings. The van der Waals surface area contributed by atoms with Crippen LogP contribution in [0.1, 0.15) is 13.3 Å². The first-order valence-corrected chi connectivity index (χ1v) is 7.10. The van der Waals surface area contributed by atoms with E-state index in [2.05, 4.69) is 37.7 Å². The van der Waals surface area contributed by atoms with Gasteiger partial charge in [0.2, 0.25) is 5.95 Å². The third-order valence-corrected chi connectivity index (χ3v) is 2.81. The van der Waals surface area contributed by atoms with E-state index in [1.807, 2.05) is 0 Å². The molecular weight excluding hydrogens is 272 g/mol. The van der Waals surface area contributed by atoms with E-state index in [1.165, 1.54) is 0 Å². The highest BCUT2D eigenvalue weighted by Crippen LogP contribution is 2.19. The monoisotopic (exact) mass is 294 g/mol. The highest BCUT2D eigenvalue weighted by molar-refractivity contribution is 5.86. The number of nitrogens with one attached hydrogen (secondary N) is 3. The number of hydrogen-bond donors (Lipinski definition) is 3. The van der Waals surface area contributed by atoms with Crippen molar-refractivity contribution in [2.24, 2.45) is 0 Å². The molecule has 3 N–H and O–H groups in total. The first kappa shape index (κ1) is 15.5. The van der Waals surface area contributed by atoms with E-state index in [0.29, 0.717) is 38.0 Å².